The molecule has 0 saturated carbocycles. The van der Waals surface area contributed by atoms with Crippen LogP contribution in [0.15, 0.2) is 64.5 Å². The number of aromatic nitrogens is 2. The fourth-order valence-electron chi connectivity index (χ4n) is 2.31. The SMILES string of the molecule is N#C/C(=C\c1ccc(-c2ccccc2)s1)c1nc(-c2cccs2)no1. The van der Waals surface area contributed by atoms with Crippen LogP contribution in [0.25, 0.3) is 32.8 Å². The van der Waals surface area contributed by atoms with Gasteiger partial charge in [-0.15, -0.1) is 22.7 Å². The Morgan fingerprint density at radius 1 is 1.04 bits per heavy atom. The summed E-state index contributed by atoms with van der Waals surface area (Å²) >= 11 is 3.14. The molecule has 1 aromatic carbocycles. The van der Waals surface area contributed by atoms with E-state index >= 15 is 0 Å². The molecule has 0 fully saturated rings. The third-order valence-corrected chi connectivity index (χ3v) is 5.44. The average molecular weight is 361 g/mol. The third kappa shape index (κ3) is 3.29. The van der Waals surface area contributed by atoms with Gasteiger partial charge in [0.2, 0.25) is 5.82 Å². The molecule has 0 unspecified atom stereocenters. The number of thiophene rings is 2. The highest BCUT2D eigenvalue weighted by Gasteiger charge is 2.14. The quantitative estimate of drug-likeness (QED) is 0.444. The summed E-state index contributed by atoms with van der Waals surface area (Å²) in [5, 5.41) is 15.4. The predicted octanol–water partition coefficient (Wildman–Crippen LogP) is 5.59. The highest BCUT2D eigenvalue weighted by molar-refractivity contribution is 7.16. The molecule has 4 nitrogen and oxygen atoms in total. The summed E-state index contributed by atoms with van der Waals surface area (Å²) < 4.78 is 5.26. The highest BCUT2D eigenvalue weighted by atomic mass is 32.1. The Labute approximate surface area is 152 Å². The number of rotatable bonds is 4. The number of nitrogens with zero attached hydrogens (tertiary/aromatic N) is 3. The monoisotopic (exact) mass is 361 g/mol. The smallest absolute Gasteiger partial charge is 0.268 e. The second-order valence-electron chi connectivity index (χ2n) is 5.14. The lowest BCUT2D eigenvalue weighted by atomic mass is 10.2. The zero-order valence-corrected chi connectivity index (χ0v) is 14.6. The molecular weight excluding hydrogens is 350 g/mol. The van der Waals surface area contributed by atoms with Crippen LogP contribution < -0.4 is 0 Å². The van der Waals surface area contributed by atoms with Crippen molar-refractivity contribution in [1.82, 2.24) is 10.1 Å². The maximum Gasteiger partial charge on any atom is 0.268 e. The first-order valence-electron chi connectivity index (χ1n) is 7.48. The van der Waals surface area contributed by atoms with Crippen molar-refractivity contribution in [1.29, 1.82) is 5.26 Å². The minimum atomic E-state index is 0.237. The zero-order valence-electron chi connectivity index (χ0n) is 12.9. The number of nitriles is 1. The van der Waals surface area contributed by atoms with Crippen LogP contribution in [0.5, 0.6) is 0 Å². The lowest BCUT2D eigenvalue weighted by molar-refractivity contribution is 0.409. The Balaban J connectivity index is 1.64. The summed E-state index contributed by atoms with van der Waals surface area (Å²) in [7, 11) is 0. The molecule has 6 heteroatoms. The van der Waals surface area contributed by atoms with E-state index in [1.54, 1.807) is 17.4 Å². The molecule has 0 radical (unpaired) electrons. The van der Waals surface area contributed by atoms with Gasteiger partial charge in [-0.2, -0.15) is 10.2 Å². The van der Waals surface area contributed by atoms with Crippen LogP contribution in [0.3, 0.4) is 0 Å². The van der Waals surface area contributed by atoms with Gasteiger partial charge < -0.3 is 4.52 Å². The molecule has 3 aromatic heterocycles. The molecule has 4 aromatic rings. The van der Waals surface area contributed by atoms with E-state index in [0.29, 0.717) is 11.4 Å². The van der Waals surface area contributed by atoms with E-state index in [1.807, 2.05) is 47.8 Å². The van der Waals surface area contributed by atoms with E-state index in [2.05, 4.69) is 28.3 Å². The minimum absolute atomic E-state index is 0.237. The molecule has 4 rings (SSSR count). The summed E-state index contributed by atoms with van der Waals surface area (Å²) in [4.78, 5) is 7.35. The second-order valence-corrected chi connectivity index (χ2v) is 7.20. The maximum atomic E-state index is 9.47. The van der Waals surface area contributed by atoms with E-state index in [1.165, 1.54) is 11.3 Å². The van der Waals surface area contributed by atoms with Gasteiger partial charge in [0, 0.05) is 9.75 Å². The van der Waals surface area contributed by atoms with Gasteiger partial charge >= 0.3 is 0 Å². The predicted molar refractivity (Wildman–Crippen MR) is 101 cm³/mol. The van der Waals surface area contributed by atoms with Crippen LogP contribution in [0.1, 0.15) is 10.8 Å². The topological polar surface area (TPSA) is 62.7 Å². The summed E-state index contributed by atoms with van der Waals surface area (Å²) in [6.45, 7) is 0. The number of hydrogen-bond acceptors (Lipinski definition) is 6. The molecule has 3 heterocycles. The first-order valence-corrected chi connectivity index (χ1v) is 9.18. The second kappa shape index (κ2) is 6.85. The minimum Gasteiger partial charge on any atom is -0.333 e. The fourth-order valence-corrected chi connectivity index (χ4v) is 3.92. The maximum absolute atomic E-state index is 9.47. The van der Waals surface area contributed by atoms with Crippen molar-refractivity contribution < 1.29 is 4.52 Å². The number of hydrogen-bond donors (Lipinski definition) is 0. The molecule has 0 bridgehead atoms. The highest BCUT2D eigenvalue weighted by Crippen LogP contribution is 2.30. The van der Waals surface area contributed by atoms with Crippen LogP contribution in [-0.2, 0) is 0 Å². The average Bonchev–Trinajstić information content (AvgIpc) is 3.41. The summed E-state index contributed by atoms with van der Waals surface area (Å²) in [6.07, 6.45) is 1.78. The van der Waals surface area contributed by atoms with Crippen molar-refractivity contribution in [2.24, 2.45) is 0 Å². The Morgan fingerprint density at radius 3 is 2.68 bits per heavy atom. The van der Waals surface area contributed by atoms with Gasteiger partial charge in [-0.3, -0.25) is 0 Å². The molecule has 0 aliphatic heterocycles. The van der Waals surface area contributed by atoms with Crippen molar-refractivity contribution >= 4 is 34.3 Å². The van der Waals surface area contributed by atoms with Gasteiger partial charge in [-0.1, -0.05) is 41.6 Å². The third-order valence-electron chi connectivity index (χ3n) is 3.49. The molecule has 0 saturated heterocycles. The molecule has 25 heavy (non-hydrogen) atoms. The van der Waals surface area contributed by atoms with Gasteiger partial charge in [-0.05, 0) is 35.2 Å². The van der Waals surface area contributed by atoms with E-state index in [-0.39, 0.29) is 5.89 Å². The molecule has 0 aliphatic rings. The van der Waals surface area contributed by atoms with Crippen molar-refractivity contribution in [3.8, 4) is 27.2 Å². The summed E-state index contributed by atoms with van der Waals surface area (Å²) in [5.41, 5.74) is 1.51. The molecule has 0 amide bonds. The van der Waals surface area contributed by atoms with Crippen molar-refractivity contribution in [2.45, 2.75) is 0 Å². The number of allylic oxidation sites excluding steroid dienone is 1. The van der Waals surface area contributed by atoms with Crippen molar-refractivity contribution in [3.05, 3.63) is 70.7 Å². The molecule has 0 atom stereocenters. The van der Waals surface area contributed by atoms with Gasteiger partial charge in [0.1, 0.15) is 11.6 Å². The lowest BCUT2D eigenvalue weighted by Crippen LogP contribution is -1.81. The molecule has 0 spiro atoms. The lowest BCUT2D eigenvalue weighted by Gasteiger charge is -1.94. The van der Waals surface area contributed by atoms with Gasteiger partial charge in [-0.25, -0.2) is 0 Å². The van der Waals surface area contributed by atoms with Crippen molar-refractivity contribution in [3.63, 3.8) is 0 Å². The fraction of sp³-hybridized carbons (Fsp3) is 0. The van der Waals surface area contributed by atoms with E-state index < -0.39 is 0 Å². The zero-order chi connectivity index (χ0) is 17.1. The molecule has 0 N–H and O–H groups in total. The van der Waals surface area contributed by atoms with Gasteiger partial charge in [0.05, 0.1) is 4.88 Å². The summed E-state index contributed by atoms with van der Waals surface area (Å²) in [6, 6.07) is 20.2. The van der Waals surface area contributed by atoms with Crippen LogP contribution in [0.4, 0.5) is 0 Å². The van der Waals surface area contributed by atoms with Crippen molar-refractivity contribution in [2.75, 3.05) is 0 Å². The summed E-state index contributed by atoms with van der Waals surface area (Å²) in [5.74, 6) is 0.739. The molecular formula is C19H11N3OS2. The van der Waals surface area contributed by atoms with E-state index in [0.717, 1.165) is 20.2 Å². The Kier molecular flexibility index (Phi) is 4.25. The molecule has 120 valence electrons. The normalized spacial score (nSPS) is 11.4. The molecule has 0 aliphatic carbocycles. The number of benzene rings is 1. The van der Waals surface area contributed by atoms with Gasteiger partial charge in [0.25, 0.3) is 5.89 Å². The Morgan fingerprint density at radius 2 is 1.92 bits per heavy atom. The van der Waals surface area contributed by atoms with Crippen LogP contribution in [0.2, 0.25) is 0 Å². The largest absolute Gasteiger partial charge is 0.333 e. The van der Waals surface area contributed by atoms with Crippen LogP contribution in [-0.4, -0.2) is 10.1 Å². The first kappa shape index (κ1) is 15.5. The van der Waals surface area contributed by atoms with Crippen LogP contribution >= 0.6 is 22.7 Å². The standard InChI is InChI=1S/C19H11N3OS2/c20-12-14(19-21-18(22-23-19)17-7-4-10-24-17)11-15-8-9-16(25-15)13-5-2-1-3-6-13/h1-11H/b14-11+. The first-order chi connectivity index (χ1) is 12.3. The Hall–Kier alpha value is -3.01. The van der Waals surface area contributed by atoms with E-state index in [4.69, 9.17) is 4.52 Å². The van der Waals surface area contributed by atoms with Gasteiger partial charge in [0.15, 0.2) is 0 Å². The Bertz CT molecular complexity index is 1050. The van der Waals surface area contributed by atoms with Crippen LogP contribution in [0, 0.1) is 11.3 Å². The van der Waals surface area contributed by atoms with E-state index in [9.17, 15) is 5.26 Å².